The minimum absolute atomic E-state index is 0.00718. The Balaban J connectivity index is 1.60. The van der Waals surface area contributed by atoms with Crippen molar-refractivity contribution in [3.05, 3.63) is 46.3 Å². The second kappa shape index (κ2) is 8.95. The van der Waals surface area contributed by atoms with Crippen LogP contribution >= 0.6 is 22.9 Å². The van der Waals surface area contributed by atoms with Gasteiger partial charge in [-0.05, 0) is 48.9 Å². The van der Waals surface area contributed by atoms with Crippen molar-refractivity contribution in [2.45, 2.75) is 37.3 Å². The second-order valence-corrected chi connectivity index (χ2v) is 11.0. The molecular weight excluding hydrogens is 416 g/mol. The number of hydrogen-bond acceptors (Lipinski definition) is 4. The van der Waals surface area contributed by atoms with E-state index < -0.39 is 10.0 Å². The van der Waals surface area contributed by atoms with Crippen LogP contribution in [0.4, 0.5) is 5.69 Å². The van der Waals surface area contributed by atoms with E-state index >= 15 is 0 Å². The number of carbonyl (C=O) groups excluding carboxylic acids is 1. The second-order valence-electron chi connectivity index (χ2n) is 7.09. The van der Waals surface area contributed by atoms with Crippen LogP contribution in [0, 0.1) is 11.8 Å². The molecule has 0 bridgehead atoms. The van der Waals surface area contributed by atoms with Gasteiger partial charge in [0.2, 0.25) is 5.91 Å². The summed E-state index contributed by atoms with van der Waals surface area (Å²) in [6.45, 7) is 4.83. The average Bonchev–Trinajstić information content (AvgIpc) is 3.15. The van der Waals surface area contributed by atoms with Gasteiger partial charge in [0.25, 0.3) is 10.0 Å². The van der Waals surface area contributed by atoms with Gasteiger partial charge in [0, 0.05) is 24.7 Å². The van der Waals surface area contributed by atoms with Gasteiger partial charge in [0.05, 0.1) is 4.34 Å². The first-order valence-electron chi connectivity index (χ1n) is 9.47. The number of benzene rings is 1. The zero-order valence-corrected chi connectivity index (χ0v) is 18.4. The van der Waals surface area contributed by atoms with E-state index in [0.29, 0.717) is 30.3 Å². The lowest BCUT2D eigenvalue weighted by Crippen LogP contribution is -2.41. The monoisotopic (exact) mass is 440 g/mol. The van der Waals surface area contributed by atoms with Crippen molar-refractivity contribution in [3.8, 4) is 0 Å². The summed E-state index contributed by atoms with van der Waals surface area (Å²) in [4.78, 5) is 12.7. The number of sulfonamides is 1. The number of anilines is 1. The van der Waals surface area contributed by atoms with E-state index in [-0.39, 0.29) is 22.0 Å². The zero-order chi connectivity index (χ0) is 20.3. The van der Waals surface area contributed by atoms with Crippen LogP contribution < -0.4 is 5.32 Å². The van der Waals surface area contributed by atoms with Crippen LogP contribution in [0.5, 0.6) is 0 Å². The lowest BCUT2D eigenvalue weighted by atomic mass is 9.85. The first-order chi connectivity index (χ1) is 13.3. The Bertz CT molecular complexity index is 934. The third kappa shape index (κ3) is 4.59. The number of amides is 1. The Morgan fingerprint density at radius 1 is 1.25 bits per heavy atom. The molecule has 1 aromatic carbocycles. The van der Waals surface area contributed by atoms with E-state index in [4.69, 9.17) is 11.6 Å². The number of rotatable bonds is 6. The van der Waals surface area contributed by atoms with E-state index in [1.807, 2.05) is 31.2 Å². The molecule has 1 amide bonds. The van der Waals surface area contributed by atoms with Gasteiger partial charge < -0.3 is 5.32 Å². The van der Waals surface area contributed by atoms with Crippen molar-refractivity contribution >= 4 is 44.6 Å². The summed E-state index contributed by atoms with van der Waals surface area (Å²) in [5.74, 6) is -0.0228. The standard InChI is InChI=1S/C20H25ClN2O3S2/c1-3-15-6-4-5-7-17(15)22-20(24)14(2)16-10-12-23(13-11-16)28(25,26)19-9-8-18(21)27-19/h4-9,14,16H,3,10-13H2,1-2H3,(H,22,24). The van der Waals surface area contributed by atoms with Gasteiger partial charge in [-0.2, -0.15) is 4.31 Å². The predicted molar refractivity (Wildman–Crippen MR) is 114 cm³/mol. The first-order valence-corrected chi connectivity index (χ1v) is 12.1. The summed E-state index contributed by atoms with van der Waals surface area (Å²) < 4.78 is 27.7. The van der Waals surface area contributed by atoms with E-state index in [1.54, 1.807) is 12.1 Å². The maximum atomic E-state index is 12.7. The Kier molecular flexibility index (Phi) is 6.81. The predicted octanol–water partition coefficient (Wildman–Crippen LogP) is 4.64. The van der Waals surface area contributed by atoms with Crippen molar-refractivity contribution in [3.63, 3.8) is 0 Å². The highest BCUT2D eigenvalue weighted by atomic mass is 35.5. The number of carbonyl (C=O) groups is 1. The van der Waals surface area contributed by atoms with Crippen LogP contribution in [0.15, 0.2) is 40.6 Å². The quantitative estimate of drug-likeness (QED) is 0.711. The molecule has 1 fully saturated rings. The van der Waals surface area contributed by atoms with Gasteiger partial charge in [0.15, 0.2) is 0 Å². The van der Waals surface area contributed by atoms with Gasteiger partial charge in [-0.3, -0.25) is 4.79 Å². The molecule has 1 aliphatic heterocycles. The molecule has 0 saturated carbocycles. The van der Waals surface area contributed by atoms with E-state index in [0.717, 1.165) is 29.0 Å². The molecule has 1 atom stereocenters. The highest BCUT2D eigenvalue weighted by Gasteiger charge is 2.34. The zero-order valence-electron chi connectivity index (χ0n) is 16.0. The maximum absolute atomic E-state index is 12.7. The summed E-state index contributed by atoms with van der Waals surface area (Å²) >= 11 is 6.96. The maximum Gasteiger partial charge on any atom is 0.252 e. The number of halogens is 1. The Labute approximate surface area is 175 Å². The fourth-order valence-corrected chi connectivity index (χ4v) is 6.70. The molecular formula is C20H25ClN2O3S2. The molecule has 5 nitrogen and oxygen atoms in total. The molecule has 1 aromatic heterocycles. The molecule has 28 heavy (non-hydrogen) atoms. The van der Waals surface area contributed by atoms with Crippen molar-refractivity contribution in [1.29, 1.82) is 0 Å². The van der Waals surface area contributed by atoms with Crippen molar-refractivity contribution < 1.29 is 13.2 Å². The van der Waals surface area contributed by atoms with Gasteiger partial charge >= 0.3 is 0 Å². The lowest BCUT2D eigenvalue weighted by Gasteiger charge is -2.33. The molecule has 1 N–H and O–H groups in total. The summed E-state index contributed by atoms with van der Waals surface area (Å²) in [6.07, 6.45) is 2.19. The summed E-state index contributed by atoms with van der Waals surface area (Å²) in [6, 6.07) is 11.0. The molecule has 3 rings (SSSR count). The highest BCUT2D eigenvalue weighted by molar-refractivity contribution is 7.91. The SMILES string of the molecule is CCc1ccccc1NC(=O)C(C)C1CCN(S(=O)(=O)c2ccc(Cl)s2)CC1. The molecule has 1 aliphatic rings. The van der Waals surface area contributed by atoms with Crippen LogP contribution in [-0.2, 0) is 21.2 Å². The van der Waals surface area contributed by atoms with Crippen LogP contribution in [0.3, 0.4) is 0 Å². The Morgan fingerprint density at radius 3 is 2.54 bits per heavy atom. The molecule has 2 aromatic rings. The highest BCUT2D eigenvalue weighted by Crippen LogP contribution is 2.32. The normalized spacial score (nSPS) is 17.4. The molecule has 1 saturated heterocycles. The van der Waals surface area contributed by atoms with Crippen LogP contribution in [0.2, 0.25) is 4.34 Å². The number of piperidine rings is 1. The number of nitrogens with one attached hydrogen (secondary N) is 1. The topological polar surface area (TPSA) is 66.5 Å². The van der Waals surface area contributed by atoms with Gasteiger partial charge in [0.1, 0.15) is 4.21 Å². The molecule has 2 heterocycles. The van der Waals surface area contributed by atoms with Crippen LogP contribution in [0.1, 0.15) is 32.3 Å². The first kappa shape index (κ1) is 21.3. The molecule has 1 unspecified atom stereocenters. The average molecular weight is 441 g/mol. The minimum Gasteiger partial charge on any atom is -0.326 e. The van der Waals surface area contributed by atoms with Crippen molar-refractivity contribution in [2.24, 2.45) is 11.8 Å². The van der Waals surface area contributed by atoms with Gasteiger partial charge in [-0.15, -0.1) is 11.3 Å². The number of hydrogen-bond donors (Lipinski definition) is 1. The fraction of sp³-hybridized carbons (Fsp3) is 0.450. The smallest absolute Gasteiger partial charge is 0.252 e. The Morgan fingerprint density at radius 2 is 1.93 bits per heavy atom. The number of nitrogens with zero attached hydrogens (tertiary/aromatic N) is 1. The molecule has 0 radical (unpaired) electrons. The van der Waals surface area contributed by atoms with Crippen LogP contribution in [-0.4, -0.2) is 31.7 Å². The third-order valence-corrected chi connectivity index (χ3v) is 9.02. The van der Waals surface area contributed by atoms with E-state index in [2.05, 4.69) is 12.2 Å². The van der Waals surface area contributed by atoms with Crippen molar-refractivity contribution in [1.82, 2.24) is 4.31 Å². The molecule has 0 aliphatic carbocycles. The van der Waals surface area contributed by atoms with E-state index in [1.165, 1.54) is 4.31 Å². The van der Waals surface area contributed by atoms with Crippen LogP contribution in [0.25, 0.3) is 0 Å². The minimum atomic E-state index is -3.50. The third-order valence-electron chi connectivity index (χ3n) is 5.42. The summed E-state index contributed by atoms with van der Waals surface area (Å²) in [5, 5.41) is 3.04. The molecule has 0 spiro atoms. The summed E-state index contributed by atoms with van der Waals surface area (Å²) in [5.41, 5.74) is 1.97. The number of para-hydroxylation sites is 1. The number of thiophene rings is 1. The lowest BCUT2D eigenvalue weighted by molar-refractivity contribution is -0.121. The Hall–Kier alpha value is -1.41. The van der Waals surface area contributed by atoms with Gasteiger partial charge in [-0.25, -0.2) is 8.42 Å². The van der Waals surface area contributed by atoms with Gasteiger partial charge in [-0.1, -0.05) is 43.6 Å². The number of aryl methyl sites for hydroxylation is 1. The van der Waals surface area contributed by atoms with Crippen molar-refractivity contribution in [2.75, 3.05) is 18.4 Å². The fourth-order valence-electron chi connectivity index (χ4n) is 3.59. The molecule has 152 valence electrons. The van der Waals surface area contributed by atoms with E-state index in [9.17, 15) is 13.2 Å². The summed E-state index contributed by atoms with van der Waals surface area (Å²) in [7, 11) is -3.50. The largest absolute Gasteiger partial charge is 0.326 e. The molecule has 8 heteroatoms.